The number of benzene rings is 1. The van der Waals surface area contributed by atoms with E-state index in [2.05, 4.69) is 0 Å². The summed E-state index contributed by atoms with van der Waals surface area (Å²) in [5, 5.41) is 0.0476. The Morgan fingerprint density at radius 1 is 1.27 bits per heavy atom. The van der Waals surface area contributed by atoms with Crippen LogP contribution in [0.2, 0.25) is 0 Å². The van der Waals surface area contributed by atoms with Gasteiger partial charge in [-0.3, -0.25) is 9.59 Å². The number of carbonyl (C=O) groups is 2. The molecule has 0 amide bonds. The van der Waals surface area contributed by atoms with Crippen molar-refractivity contribution in [1.29, 1.82) is 0 Å². The van der Waals surface area contributed by atoms with Crippen LogP contribution >= 0.6 is 11.8 Å². The number of hydrogen-bond donors (Lipinski definition) is 0. The molecule has 1 aromatic carbocycles. The lowest BCUT2D eigenvalue weighted by molar-refractivity contribution is -0.118. The highest BCUT2D eigenvalue weighted by atomic mass is 32.2. The number of thioether (sulfide) groups is 1. The molecule has 0 atom stereocenters. The standard InChI is InChI=1S/C12H14O2S/c1-3-11(14)8-10-6-4-5-7-12(10)15-9(2)13/h4-7H,3,8H2,1-2H3. The lowest BCUT2D eigenvalue weighted by atomic mass is 10.1. The van der Waals surface area contributed by atoms with E-state index in [0.29, 0.717) is 12.8 Å². The first-order valence-electron chi connectivity index (χ1n) is 4.91. The largest absolute Gasteiger partial charge is 0.299 e. The number of hydrogen-bond acceptors (Lipinski definition) is 3. The van der Waals surface area contributed by atoms with Gasteiger partial charge in [-0.05, 0) is 11.6 Å². The molecule has 0 N–H and O–H groups in total. The van der Waals surface area contributed by atoms with Crippen molar-refractivity contribution < 1.29 is 9.59 Å². The Kier molecular flexibility index (Phi) is 4.56. The summed E-state index contributed by atoms with van der Waals surface area (Å²) in [6.07, 6.45) is 0.964. The molecule has 0 unspecified atom stereocenters. The zero-order chi connectivity index (χ0) is 11.3. The van der Waals surface area contributed by atoms with Gasteiger partial charge in [0.15, 0.2) is 5.12 Å². The monoisotopic (exact) mass is 222 g/mol. The summed E-state index contributed by atoms with van der Waals surface area (Å²) in [6, 6.07) is 7.55. The molecule has 0 saturated heterocycles. The van der Waals surface area contributed by atoms with E-state index < -0.39 is 0 Å². The molecule has 0 fully saturated rings. The zero-order valence-electron chi connectivity index (χ0n) is 8.95. The molecule has 1 rings (SSSR count). The van der Waals surface area contributed by atoms with Gasteiger partial charge in [-0.15, -0.1) is 0 Å². The van der Waals surface area contributed by atoms with Gasteiger partial charge in [0.2, 0.25) is 0 Å². The fourth-order valence-electron chi connectivity index (χ4n) is 1.24. The molecule has 2 nitrogen and oxygen atoms in total. The van der Waals surface area contributed by atoms with Gasteiger partial charge in [0.05, 0.1) is 0 Å². The summed E-state index contributed by atoms with van der Waals surface area (Å²) in [7, 11) is 0. The number of rotatable bonds is 4. The fourth-order valence-corrected chi connectivity index (χ4v) is 1.97. The van der Waals surface area contributed by atoms with E-state index in [1.165, 1.54) is 18.7 Å². The van der Waals surface area contributed by atoms with Gasteiger partial charge in [-0.2, -0.15) is 0 Å². The maximum absolute atomic E-state index is 11.3. The van der Waals surface area contributed by atoms with Crippen molar-refractivity contribution in [3.63, 3.8) is 0 Å². The van der Waals surface area contributed by atoms with Gasteiger partial charge in [-0.1, -0.05) is 36.9 Å². The van der Waals surface area contributed by atoms with E-state index >= 15 is 0 Å². The van der Waals surface area contributed by atoms with Crippen molar-refractivity contribution in [2.24, 2.45) is 0 Å². The van der Waals surface area contributed by atoms with E-state index in [1.807, 2.05) is 31.2 Å². The van der Waals surface area contributed by atoms with Crippen molar-refractivity contribution in [3.05, 3.63) is 29.8 Å². The normalized spacial score (nSPS) is 10.0. The average molecular weight is 222 g/mol. The van der Waals surface area contributed by atoms with Crippen molar-refractivity contribution in [2.75, 3.05) is 0 Å². The third kappa shape index (κ3) is 3.88. The quantitative estimate of drug-likeness (QED) is 0.735. The molecule has 0 aliphatic heterocycles. The summed E-state index contributed by atoms with van der Waals surface area (Å²) >= 11 is 1.19. The third-order valence-electron chi connectivity index (χ3n) is 2.01. The second-order valence-electron chi connectivity index (χ2n) is 3.27. The molecule has 0 aliphatic rings. The Labute approximate surface area is 94.1 Å². The Balaban J connectivity index is 2.85. The van der Waals surface area contributed by atoms with Crippen molar-refractivity contribution >= 4 is 22.7 Å². The highest BCUT2D eigenvalue weighted by Crippen LogP contribution is 2.23. The fraction of sp³-hybridized carbons (Fsp3) is 0.333. The Morgan fingerprint density at radius 3 is 2.53 bits per heavy atom. The Hall–Kier alpha value is -1.09. The third-order valence-corrected chi connectivity index (χ3v) is 2.91. The van der Waals surface area contributed by atoms with Crippen molar-refractivity contribution in [3.8, 4) is 0 Å². The van der Waals surface area contributed by atoms with Crippen LogP contribution in [0.1, 0.15) is 25.8 Å². The van der Waals surface area contributed by atoms with Gasteiger partial charge in [0, 0.05) is 24.7 Å². The van der Waals surface area contributed by atoms with E-state index in [4.69, 9.17) is 0 Å². The SMILES string of the molecule is CCC(=O)Cc1ccccc1SC(C)=O. The van der Waals surface area contributed by atoms with Crippen LogP contribution in [-0.2, 0) is 16.0 Å². The molecule has 15 heavy (non-hydrogen) atoms. The molecular weight excluding hydrogens is 208 g/mol. The van der Waals surface area contributed by atoms with E-state index in [0.717, 1.165) is 10.5 Å². The first-order valence-corrected chi connectivity index (χ1v) is 5.73. The van der Waals surface area contributed by atoms with Crippen molar-refractivity contribution in [2.45, 2.75) is 31.6 Å². The van der Waals surface area contributed by atoms with Crippen LogP contribution in [-0.4, -0.2) is 10.9 Å². The number of ketones is 1. The lowest BCUT2D eigenvalue weighted by Gasteiger charge is -2.05. The first kappa shape index (κ1) is 12.0. The predicted molar refractivity (Wildman–Crippen MR) is 62.0 cm³/mol. The van der Waals surface area contributed by atoms with Crippen LogP contribution in [0, 0.1) is 0 Å². The minimum atomic E-state index is 0.0476. The molecule has 0 spiro atoms. The molecule has 0 aromatic heterocycles. The van der Waals surface area contributed by atoms with Crippen LogP contribution < -0.4 is 0 Å². The summed E-state index contributed by atoms with van der Waals surface area (Å²) in [5.74, 6) is 0.201. The minimum Gasteiger partial charge on any atom is -0.299 e. The summed E-state index contributed by atoms with van der Waals surface area (Å²) in [4.78, 5) is 23.2. The molecule has 1 aromatic rings. The molecular formula is C12H14O2S. The molecule has 0 heterocycles. The van der Waals surface area contributed by atoms with Gasteiger partial charge in [0.25, 0.3) is 0 Å². The summed E-state index contributed by atoms with van der Waals surface area (Å²) < 4.78 is 0. The van der Waals surface area contributed by atoms with Crippen molar-refractivity contribution in [1.82, 2.24) is 0 Å². The smallest absolute Gasteiger partial charge is 0.190 e. The number of carbonyl (C=O) groups excluding carboxylic acids is 2. The van der Waals surface area contributed by atoms with Crippen LogP contribution in [0.3, 0.4) is 0 Å². The topological polar surface area (TPSA) is 34.1 Å². The van der Waals surface area contributed by atoms with Gasteiger partial charge < -0.3 is 0 Å². The lowest BCUT2D eigenvalue weighted by Crippen LogP contribution is -2.01. The van der Waals surface area contributed by atoms with Crippen LogP contribution in [0.15, 0.2) is 29.2 Å². The van der Waals surface area contributed by atoms with Crippen LogP contribution in [0.5, 0.6) is 0 Å². The molecule has 0 aliphatic carbocycles. The maximum Gasteiger partial charge on any atom is 0.190 e. The second kappa shape index (κ2) is 5.71. The highest BCUT2D eigenvalue weighted by molar-refractivity contribution is 8.13. The second-order valence-corrected chi connectivity index (χ2v) is 4.49. The first-order chi connectivity index (χ1) is 7.13. The molecule has 3 heteroatoms. The summed E-state index contributed by atoms with van der Waals surface area (Å²) in [6.45, 7) is 3.38. The molecule has 0 saturated carbocycles. The minimum absolute atomic E-state index is 0.0476. The average Bonchev–Trinajstić information content (AvgIpc) is 2.20. The number of Topliss-reactive ketones (excluding diaryl/α,β-unsaturated/α-hetero) is 1. The van der Waals surface area contributed by atoms with Crippen LogP contribution in [0.25, 0.3) is 0 Å². The van der Waals surface area contributed by atoms with E-state index in [9.17, 15) is 9.59 Å². The van der Waals surface area contributed by atoms with Crippen LogP contribution in [0.4, 0.5) is 0 Å². The van der Waals surface area contributed by atoms with E-state index in [-0.39, 0.29) is 10.9 Å². The Bertz CT molecular complexity index is 372. The van der Waals surface area contributed by atoms with Gasteiger partial charge >= 0.3 is 0 Å². The van der Waals surface area contributed by atoms with Gasteiger partial charge in [-0.25, -0.2) is 0 Å². The molecule has 80 valence electrons. The highest BCUT2D eigenvalue weighted by Gasteiger charge is 2.08. The van der Waals surface area contributed by atoms with E-state index in [1.54, 1.807) is 0 Å². The predicted octanol–water partition coefficient (Wildman–Crippen LogP) is 2.85. The molecule has 0 bridgehead atoms. The Morgan fingerprint density at radius 2 is 1.93 bits per heavy atom. The molecule has 0 radical (unpaired) electrons. The zero-order valence-corrected chi connectivity index (χ0v) is 9.76. The van der Waals surface area contributed by atoms with Gasteiger partial charge in [0.1, 0.15) is 5.78 Å². The maximum atomic E-state index is 11.3. The summed E-state index contributed by atoms with van der Waals surface area (Å²) in [5.41, 5.74) is 0.949.